The molecule has 6 heteroatoms. The normalized spacial score (nSPS) is 10.8. The van der Waals surface area contributed by atoms with Gasteiger partial charge in [0.2, 0.25) is 0 Å². The summed E-state index contributed by atoms with van der Waals surface area (Å²) >= 11 is 0. The van der Waals surface area contributed by atoms with Gasteiger partial charge in [-0.1, -0.05) is 22.8 Å². The van der Waals surface area contributed by atoms with E-state index < -0.39 is 0 Å². The molecule has 0 bridgehead atoms. The fraction of sp³-hybridized carbons (Fsp3) is 0.333. The summed E-state index contributed by atoms with van der Waals surface area (Å²) < 4.78 is 0. The zero-order valence-corrected chi connectivity index (χ0v) is 13.5. The molecule has 5 nitrogen and oxygen atoms in total. The predicted molar refractivity (Wildman–Crippen MR) is 64.1 cm³/mol. The molecule has 95 valence electrons. The van der Waals surface area contributed by atoms with E-state index in [1.54, 1.807) is 6.29 Å². The Kier molecular flexibility index (Phi) is 8.19. The Morgan fingerprint density at radius 1 is 1.39 bits per heavy atom. The summed E-state index contributed by atoms with van der Waals surface area (Å²) in [5.41, 5.74) is 3.62. The average Bonchev–Trinajstić information content (AvgIpc) is 2.31. The first-order valence-corrected chi connectivity index (χ1v) is 5.05. The summed E-state index contributed by atoms with van der Waals surface area (Å²) in [6, 6.07) is 3.74. The van der Waals surface area contributed by atoms with Crippen molar-refractivity contribution in [2.24, 2.45) is 11.1 Å². The molecule has 0 aliphatic carbocycles. The van der Waals surface area contributed by atoms with Gasteiger partial charge in [-0.25, -0.2) is 5.90 Å². The van der Waals surface area contributed by atoms with Crippen LogP contribution in [0.15, 0.2) is 17.3 Å². The summed E-state index contributed by atoms with van der Waals surface area (Å²) in [4.78, 5) is 20.1. The predicted octanol–water partition coefficient (Wildman–Crippen LogP) is 1.15. The second kappa shape index (κ2) is 8.48. The Labute approximate surface area is 132 Å². The number of nitrogens with two attached hydrogens (primary N) is 1. The fourth-order valence-corrected chi connectivity index (χ4v) is 1.52. The number of oxime groups is 1. The van der Waals surface area contributed by atoms with Crippen molar-refractivity contribution in [1.82, 2.24) is 0 Å². The van der Waals surface area contributed by atoms with E-state index in [-0.39, 0.29) is 45.0 Å². The number of benzene rings is 1. The van der Waals surface area contributed by atoms with E-state index in [2.05, 4.69) is 14.8 Å². The monoisotopic (exact) mass is 324 g/mol. The molecule has 0 unspecified atom stereocenters. The van der Waals surface area contributed by atoms with E-state index in [1.807, 2.05) is 26.0 Å². The zero-order valence-electron chi connectivity index (χ0n) is 10.7. The van der Waals surface area contributed by atoms with Gasteiger partial charge in [0.1, 0.15) is 7.11 Å². The Bertz CT molecular complexity index is 447. The molecule has 0 saturated carbocycles. The maximum Gasteiger partial charge on any atom is 0.106 e. The van der Waals surface area contributed by atoms with Gasteiger partial charge in [0, 0.05) is 39.0 Å². The molecule has 18 heavy (non-hydrogen) atoms. The van der Waals surface area contributed by atoms with Gasteiger partial charge in [-0.3, -0.25) is 0 Å². The average molecular weight is 324 g/mol. The standard InChI is InChI=1S/C12H15N2O3.Y/c1-8-4-10(7-17-13)11(5-9(8)2)12(6-15)14-16-3;/h4-5H,7,13H2,1-3H3;/q-1;/b14-12+;. The minimum absolute atomic E-state index is 0. The van der Waals surface area contributed by atoms with Gasteiger partial charge < -0.3 is 14.5 Å². The summed E-state index contributed by atoms with van der Waals surface area (Å²) in [5, 5.41) is 3.62. The molecule has 0 spiro atoms. The summed E-state index contributed by atoms with van der Waals surface area (Å²) in [5.74, 6) is 5.06. The van der Waals surface area contributed by atoms with Crippen molar-refractivity contribution in [3.63, 3.8) is 0 Å². The third-order valence-corrected chi connectivity index (χ3v) is 2.49. The van der Waals surface area contributed by atoms with Crippen molar-refractivity contribution in [3.05, 3.63) is 34.4 Å². The zero-order chi connectivity index (χ0) is 12.8. The third-order valence-electron chi connectivity index (χ3n) is 2.49. The van der Waals surface area contributed by atoms with Crippen molar-refractivity contribution in [3.8, 4) is 0 Å². The molecule has 1 radical (unpaired) electrons. The molecule has 0 heterocycles. The quantitative estimate of drug-likeness (QED) is 0.501. The van der Waals surface area contributed by atoms with Crippen LogP contribution < -0.4 is 5.90 Å². The first-order valence-electron chi connectivity index (χ1n) is 5.05. The van der Waals surface area contributed by atoms with Crippen LogP contribution in [0.5, 0.6) is 0 Å². The smallest absolute Gasteiger partial charge is 0.106 e. The number of carbonyl (C=O) groups excluding carboxylic acids is 1. The molecule has 0 saturated heterocycles. The second-order valence-electron chi connectivity index (χ2n) is 3.63. The minimum Gasteiger partial charge on any atom is -0.417 e. The van der Waals surface area contributed by atoms with Gasteiger partial charge in [-0.2, -0.15) is 0 Å². The Hall–Kier alpha value is -0.616. The van der Waals surface area contributed by atoms with E-state index in [0.717, 1.165) is 16.7 Å². The summed E-state index contributed by atoms with van der Waals surface area (Å²) in [6.07, 6.45) is 1.74. The van der Waals surface area contributed by atoms with Crippen molar-refractivity contribution >= 4 is 12.0 Å². The molecule has 1 aromatic carbocycles. The molecule has 0 fully saturated rings. The number of hydrogen-bond donors (Lipinski definition) is 1. The van der Waals surface area contributed by atoms with Gasteiger partial charge in [-0.05, 0) is 19.6 Å². The summed E-state index contributed by atoms with van der Waals surface area (Å²) in [6.45, 7) is 4.11. The van der Waals surface area contributed by atoms with Crippen LogP contribution >= 0.6 is 0 Å². The third kappa shape index (κ3) is 4.24. The largest absolute Gasteiger partial charge is 0.417 e. The van der Waals surface area contributed by atoms with Crippen molar-refractivity contribution in [2.75, 3.05) is 7.11 Å². The SMILES string of the molecule is CO/N=C(\[C-]=O)c1cc(C)c(C)cc1CON.[Y]. The number of rotatable bonds is 5. The van der Waals surface area contributed by atoms with E-state index >= 15 is 0 Å². The molecule has 0 aliphatic heterocycles. The van der Waals surface area contributed by atoms with E-state index in [1.165, 1.54) is 7.11 Å². The van der Waals surface area contributed by atoms with Crippen LogP contribution in [0.2, 0.25) is 0 Å². The fourth-order valence-electron chi connectivity index (χ4n) is 1.52. The van der Waals surface area contributed by atoms with Crippen LogP contribution in [0.25, 0.3) is 0 Å². The van der Waals surface area contributed by atoms with Crippen molar-refractivity contribution in [1.29, 1.82) is 0 Å². The number of aryl methyl sites for hydroxylation is 2. The van der Waals surface area contributed by atoms with Crippen LogP contribution in [-0.2, 0) is 53.8 Å². The molecule has 1 aromatic rings. The molecular formula is C12H15N2O3Y-. The molecular weight excluding hydrogens is 309 g/mol. The van der Waals surface area contributed by atoms with Gasteiger partial charge in [0.05, 0.1) is 6.61 Å². The van der Waals surface area contributed by atoms with Crippen molar-refractivity contribution < 1.29 is 47.2 Å². The van der Waals surface area contributed by atoms with Crippen molar-refractivity contribution in [2.45, 2.75) is 20.5 Å². The van der Waals surface area contributed by atoms with E-state index in [0.29, 0.717) is 5.56 Å². The molecule has 1 rings (SSSR count). The summed E-state index contributed by atoms with van der Waals surface area (Å²) in [7, 11) is 1.37. The van der Waals surface area contributed by atoms with Gasteiger partial charge in [-0.15, -0.1) is 16.8 Å². The topological polar surface area (TPSA) is 73.9 Å². The second-order valence-corrected chi connectivity index (χ2v) is 3.63. The first kappa shape index (κ1) is 17.4. The van der Waals surface area contributed by atoms with Gasteiger partial charge in [0.15, 0.2) is 0 Å². The van der Waals surface area contributed by atoms with E-state index in [9.17, 15) is 4.79 Å². The molecule has 0 aliphatic rings. The van der Waals surface area contributed by atoms with Gasteiger partial charge >= 0.3 is 0 Å². The minimum atomic E-state index is 0. The molecule has 0 aromatic heterocycles. The number of hydrogen-bond acceptors (Lipinski definition) is 5. The maximum absolute atomic E-state index is 10.8. The number of nitrogens with zero attached hydrogens (tertiary/aromatic N) is 1. The van der Waals surface area contributed by atoms with Gasteiger partial charge in [0.25, 0.3) is 0 Å². The van der Waals surface area contributed by atoms with Crippen LogP contribution in [0.3, 0.4) is 0 Å². The Balaban J connectivity index is 0.00000289. The first-order chi connectivity index (χ1) is 8.13. The van der Waals surface area contributed by atoms with Crippen LogP contribution in [-0.4, -0.2) is 19.1 Å². The molecule has 2 N–H and O–H groups in total. The van der Waals surface area contributed by atoms with Crippen LogP contribution in [0, 0.1) is 13.8 Å². The van der Waals surface area contributed by atoms with Crippen LogP contribution in [0.1, 0.15) is 22.3 Å². The maximum atomic E-state index is 10.8. The Morgan fingerprint density at radius 2 is 2.00 bits per heavy atom. The van der Waals surface area contributed by atoms with E-state index in [4.69, 9.17) is 5.90 Å². The molecule has 0 atom stereocenters. The van der Waals surface area contributed by atoms with Crippen LogP contribution in [0.4, 0.5) is 0 Å². The molecule has 0 amide bonds. The Morgan fingerprint density at radius 3 is 2.50 bits per heavy atom.